The molecule has 22 heavy (non-hydrogen) atoms. The zero-order valence-corrected chi connectivity index (χ0v) is 13.6. The van der Waals surface area contributed by atoms with E-state index in [4.69, 9.17) is 0 Å². The van der Waals surface area contributed by atoms with E-state index in [-0.39, 0.29) is 6.03 Å². The van der Waals surface area contributed by atoms with E-state index >= 15 is 0 Å². The summed E-state index contributed by atoms with van der Waals surface area (Å²) in [5.41, 5.74) is 0. The lowest BCUT2D eigenvalue weighted by Gasteiger charge is -2.61. The highest BCUT2D eigenvalue weighted by Gasteiger charge is 2.56. The summed E-state index contributed by atoms with van der Waals surface area (Å²) in [5.74, 6) is 6.46. The van der Waals surface area contributed by atoms with Crippen LogP contribution >= 0.6 is 0 Å². The van der Waals surface area contributed by atoms with E-state index in [1.54, 1.807) is 0 Å². The van der Waals surface area contributed by atoms with Crippen LogP contribution in [0.15, 0.2) is 0 Å². The van der Waals surface area contributed by atoms with Crippen LogP contribution in [0.5, 0.6) is 0 Å². The highest BCUT2D eigenvalue weighted by Crippen LogP contribution is 2.59. The van der Waals surface area contributed by atoms with Gasteiger partial charge in [-0.2, -0.15) is 0 Å². The van der Waals surface area contributed by atoms with Crippen molar-refractivity contribution in [2.24, 2.45) is 41.4 Å². The van der Waals surface area contributed by atoms with Crippen LogP contribution in [0.2, 0.25) is 0 Å². The van der Waals surface area contributed by atoms with E-state index in [1.165, 1.54) is 57.8 Å². The molecule has 2 amide bonds. The summed E-state index contributed by atoms with van der Waals surface area (Å²) in [6, 6.07) is 0.607. The van der Waals surface area contributed by atoms with Gasteiger partial charge in [-0.25, -0.2) is 4.79 Å². The average Bonchev–Trinajstić information content (AvgIpc) is 3.10. The number of carbonyl (C=O) groups is 1. The minimum atomic E-state index is 0.115. The Bertz CT molecular complexity index is 460. The van der Waals surface area contributed by atoms with E-state index in [0.717, 1.165) is 48.0 Å². The van der Waals surface area contributed by atoms with Crippen LogP contribution in [0.4, 0.5) is 4.79 Å². The van der Waals surface area contributed by atoms with Gasteiger partial charge in [0, 0.05) is 12.6 Å². The second-order valence-electron chi connectivity index (χ2n) is 9.05. The van der Waals surface area contributed by atoms with Crippen molar-refractivity contribution in [1.82, 2.24) is 10.6 Å². The molecule has 8 atom stereocenters. The van der Waals surface area contributed by atoms with Gasteiger partial charge in [0.25, 0.3) is 0 Å². The maximum atomic E-state index is 12.3. The van der Waals surface area contributed by atoms with E-state index in [2.05, 4.69) is 10.6 Å². The third-order valence-corrected chi connectivity index (χ3v) is 8.16. The van der Waals surface area contributed by atoms with Gasteiger partial charge in [0.05, 0.1) is 0 Å². The molecule has 6 rings (SSSR count). The number of fused-ring (bicyclic) bond motifs is 3. The maximum absolute atomic E-state index is 12.3. The molecule has 6 saturated carbocycles. The van der Waals surface area contributed by atoms with Gasteiger partial charge in [-0.1, -0.05) is 6.42 Å². The fourth-order valence-electron chi connectivity index (χ4n) is 7.10. The predicted molar refractivity (Wildman–Crippen MR) is 86.3 cm³/mol. The second kappa shape index (κ2) is 5.14. The molecule has 0 heterocycles. The normalized spacial score (nSPS) is 50.7. The minimum absolute atomic E-state index is 0.115. The molecule has 0 radical (unpaired) electrons. The molecule has 0 aromatic rings. The Morgan fingerprint density at radius 1 is 0.864 bits per heavy atom. The third kappa shape index (κ3) is 2.11. The fraction of sp³-hybridized carbons (Fsp3) is 0.947. The van der Waals surface area contributed by atoms with E-state index < -0.39 is 0 Å². The summed E-state index contributed by atoms with van der Waals surface area (Å²) in [6.45, 7) is 0.883. The fourth-order valence-corrected chi connectivity index (χ4v) is 7.10. The molecule has 6 aliphatic carbocycles. The van der Waals surface area contributed by atoms with Crippen molar-refractivity contribution in [1.29, 1.82) is 0 Å². The van der Waals surface area contributed by atoms with Crippen LogP contribution in [0, 0.1) is 41.4 Å². The smallest absolute Gasteiger partial charge is 0.315 e. The molecule has 6 fully saturated rings. The molecule has 0 saturated heterocycles. The first-order valence-corrected chi connectivity index (χ1v) is 9.82. The predicted octanol–water partition coefficient (Wildman–Crippen LogP) is 3.55. The molecule has 0 spiro atoms. The first kappa shape index (κ1) is 13.7. The zero-order chi connectivity index (χ0) is 14.7. The van der Waals surface area contributed by atoms with Crippen LogP contribution < -0.4 is 10.6 Å². The molecule has 8 unspecified atom stereocenters. The lowest BCUT2D eigenvalue weighted by molar-refractivity contribution is -0.0939. The SMILES string of the molecule is O=C(NCCC1CC2CCC1C2)NC1C2CCC3C(C2)CC31. The lowest BCUT2D eigenvalue weighted by Crippen LogP contribution is -2.63. The van der Waals surface area contributed by atoms with E-state index in [0.29, 0.717) is 6.04 Å². The largest absolute Gasteiger partial charge is 0.338 e. The Morgan fingerprint density at radius 3 is 2.45 bits per heavy atom. The highest BCUT2D eigenvalue weighted by molar-refractivity contribution is 5.74. The van der Waals surface area contributed by atoms with Gasteiger partial charge >= 0.3 is 6.03 Å². The van der Waals surface area contributed by atoms with Crippen LogP contribution in [-0.4, -0.2) is 18.6 Å². The number of carbonyl (C=O) groups excluding carboxylic acids is 1. The van der Waals surface area contributed by atoms with Gasteiger partial charge in [0.15, 0.2) is 0 Å². The third-order valence-electron chi connectivity index (χ3n) is 8.16. The standard InChI is InChI=1S/C19H30N2O/c22-19(20-6-5-13-8-11-1-2-12(13)7-11)21-18-14-3-4-16-15(9-14)10-17(16)18/h11-18H,1-10H2,(H2,20,21,22). The molecule has 0 aromatic carbocycles. The second-order valence-corrected chi connectivity index (χ2v) is 9.05. The molecular formula is C19H30N2O. The van der Waals surface area contributed by atoms with Gasteiger partial charge in [-0.15, -0.1) is 0 Å². The molecule has 6 aliphatic rings. The monoisotopic (exact) mass is 302 g/mol. The Morgan fingerprint density at radius 2 is 1.77 bits per heavy atom. The topological polar surface area (TPSA) is 41.1 Å². The molecule has 3 heteroatoms. The van der Waals surface area contributed by atoms with Crippen molar-refractivity contribution in [3.63, 3.8) is 0 Å². The van der Waals surface area contributed by atoms with Gasteiger partial charge in [0.1, 0.15) is 0 Å². The number of nitrogens with one attached hydrogen (secondary N) is 2. The van der Waals surface area contributed by atoms with E-state index in [1.807, 2.05) is 0 Å². The van der Waals surface area contributed by atoms with Crippen molar-refractivity contribution in [2.75, 3.05) is 6.54 Å². The Balaban J connectivity index is 1.08. The lowest BCUT2D eigenvalue weighted by atomic mass is 9.46. The number of amides is 2. The highest BCUT2D eigenvalue weighted by atomic mass is 16.2. The Kier molecular flexibility index (Phi) is 3.20. The Labute approximate surface area is 134 Å². The number of urea groups is 1. The summed E-state index contributed by atoms with van der Waals surface area (Å²) in [5, 5.41) is 6.51. The molecule has 3 nitrogen and oxygen atoms in total. The van der Waals surface area contributed by atoms with Crippen molar-refractivity contribution >= 4 is 6.03 Å². The summed E-state index contributed by atoms with van der Waals surface area (Å²) >= 11 is 0. The van der Waals surface area contributed by atoms with Gasteiger partial charge in [0.2, 0.25) is 0 Å². The van der Waals surface area contributed by atoms with Crippen LogP contribution in [0.25, 0.3) is 0 Å². The van der Waals surface area contributed by atoms with E-state index in [9.17, 15) is 4.79 Å². The Hall–Kier alpha value is -0.730. The van der Waals surface area contributed by atoms with Crippen molar-refractivity contribution < 1.29 is 4.79 Å². The zero-order valence-electron chi connectivity index (χ0n) is 13.6. The van der Waals surface area contributed by atoms with Gasteiger partial charge in [-0.3, -0.25) is 0 Å². The van der Waals surface area contributed by atoms with Gasteiger partial charge in [-0.05, 0) is 92.8 Å². The van der Waals surface area contributed by atoms with Gasteiger partial charge < -0.3 is 10.6 Å². The van der Waals surface area contributed by atoms with Crippen LogP contribution in [0.3, 0.4) is 0 Å². The first-order chi connectivity index (χ1) is 10.8. The number of hydrogen-bond donors (Lipinski definition) is 2. The quantitative estimate of drug-likeness (QED) is 0.819. The summed E-state index contributed by atoms with van der Waals surface area (Å²) in [7, 11) is 0. The molecule has 6 bridgehead atoms. The molecule has 0 aromatic heterocycles. The maximum Gasteiger partial charge on any atom is 0.315 e. The summed E-state index contributed by atoms with van der Waals surface area (Å²) < 4.78 is 0. The molecule has 0 aliphatic heterocycles. The van der Waals surface area contributed by atoms with Crippen LogP contribution in [-0.2, 0) is 0 Å². The summed E-state index contributed by atoms with van der Waals surface area (Å²) in [4.78, 5) is 12.3. The molecular weight excluding hydrogens is 272 g/mol. The van der Waals surface area contributed by atoms with Crippen molar-refractivity contribution in [2.45, 2.75) is 63.8 Å². The number of rotatable bonds is 4. The van der Waals surface area contributed by atoms with Crippen LogP contribution in [0.1, 0.15) is 57.8 Å². The number of hydrogen-bond acceptors (Lipinski definition) is 1. The first-order valence-electron chi connectivity index (χ1n) is 9.82. The minimum Gasteiger partial charge on any atom is -0.338 e. The molecule has 122 valence electrons. The molecule has 2 N–H and O–H groups in total. The van der Waals surface area contributed by atoms with Crippen molar-refractivity contribution in [3.05, 3.63) is 0 Å². The summed E-state index contributed by atoms with van der Waals surface area (Å²) in [6.07, 6.45) is 12.6. The average molecular weight is 302 g/mol. The van der Waals surface area contributed by atoms with Crippen molar-refractivity contribution in [3.8, 4) is 0 Å².